The predicted molar refractivity (Wildman–Crippen MR) is 173 cm³/mol. The van der Waals surface area contributed by atoms with Crippen LogP contribution in [0.4, 0.5) is 0 Å². The Balaban J connectivity index is 1.52. The maximum absolute atomic E-state index is 8.80. The van der Waals surface area contributed by atoms with Gasteiger partial charge in [0.1, 0.15) is 0 Å². The average Bonchev–Trinajstić information content (AvgIpc) is 3.06. The zero-order valence-corrected chi connectivity index (χ0v) is 21.5. The van der Waals surface area contributed by atoms with Crippen molar-refractivity contribution < 1.29 is 8.22 Å². The van der Waals surface area contributed by atoms with E-state index in [1.54, 1.807) is 42.5 Å². The first kappa shape index (κ1) is 17.4. The minimum Gasteiger partial charge on any atom is -0.0622 e. The molecule has 0 fully saturated rings. The lowest BCUT2D eigenvalue weighted by Gasteiger charge is -2.19. The molecule has 0 radical (unpaired) electrons. The third-order valence-electron chi connectivity index (χ3n) is 7.86. The minimum atomic E-state index is 0.0472. The zero-order valence-electron chi connectivity index (χ0n) is 27.5. The Hall–Kier alpha value is -5.20. The van der Waals surface area contributed by atoms with Crippen molar-refractivity contribution >= 4 is 43.1 Å². The highest BCUT2D eigenvalue weighted by molar-refractivity contribution is 6.24. The SMILES string of the molecule is [2H]c1cc2c(-c3cccc([2H])c3[2H])c3cc([2H])c([2H])cc3c(-c3cccc4c(-c5ccc6ccccc6c5)cccc34)c2cc1[2H]. The Morgan fingerprint density at radius 3 is 1.68 bits per heavy atom. The fourth-order valence-electron chi connectivity index (χ4n) is 6.10. The number of fused-ring (bicyclic) bond motifs is 4. The Labute approximate surface area is 242 Å². The molecule has 0 amide bonds. The second-order valence-corrected chi connectivity index (χ2v) is 10.0. The molecule has 0 nitrogen and oxygen atoms in total. The van der Waals surface area contributed by atoms with Gasteiger partial charge in [-0.3, -0.25) is 0 Å². The summed E-state index contributed by atoms with van der Waals surface area (Å²) in [4.78, 5) is 0. The summed E-state index contributed by atoms with van der Waals surface area (Å²) in [6.07, 6.45) is 0. The Morgan fingerprint density at radius 1 is 0.350 bits per heavy atom. The monoisotopic (exact) mass is 512 g/mol. The van der Waals surface area contributed by atoms with E-state index in [9.17, 15) is 0 Å². The molecule has 8 rings (SSSR count). The van der Waals surface area contributed by atoms with Crippen LogP contribution in [0.2, 0.25) is 0 Å². The van der Waals surface area contributed by atoms with Crippen LogP contribution in [0.15, 0.2) is 158 Å². The van der Waals surface area contributed by atoms with E-state index in [1.165, 1.54) is 5.39 Å². The van der Waals surface area contributed by atoms with Crippen molar-refractivity contribution in [1.29, 1.82) is 0 Å². The van der Waals surface area contributed by atoms with Gasteiger partial charge in [0.05, 0.1) is 8.22 Å². The van der Waals surface area contributed by atoms with Crippen LogP contribution in [0.1, 0.15) is 8.22 Å². The van der Waals surface area contributed by atoms with Crippen LogP contribution >= 0.6 is 0 Å². The van der Waals surface area contributed by atoms with Crippen LogP contribution in [0.5, 0.6) is 0 Å². The van der Waals surface area contributed by atoms with Gasteiger partial charge in [0.15, 0.2) is 0 Å². The molecule has 40 heavy (non-hydrogen) atoms. The van der Waals surface area contributed by atoms with Gasteiger partial charge in [-0.05, 0) is 82.5 Å². The maximum Gasteiger partial charge on any atom is 0.0629 e. The number of rotatable bonds is 3. The summed E-state index contributed by atoms with van der Waals surface area (Å²) in [5.41, 5.74) is 5.06. The molecule has 0 spiro atoms. The fourth-order valence-corrected chi connectivity index (χ4v) is 6.10. The molecule has 0 aliphatic rings. The standard InChI is InChI=1S/C40H26/c1-2-13-28(14-3-1)39-35-16-6-8-18-37(35)40(38-19-9-7-17-36(38)39)34-23-11-21-32-31(20-10-22-33(32)34)30-25-24-27-12-4-5-15-29(27)26-30/h1-26H/i2D,6D,7D,8D,9D,13D. The van der Waals surface area contributed by atoms with Crippen LogP contribution in [0.3, 0.4) is 0 Å². The average molecular weight is 513 g/mol. The van der Waals surface area contributed by atoms with Crippen LogP contribution in [-0.4, -0.2) is 0 Å². The number of hydrogen-bond donors (Lipinski definition) is 0. The van der Waals surface area contributed by atoms with Gasteiger partial charge in [0.25, 0.3) is 0 Å². The summed E-state index contributed by atoms with van der Waals surface area (Å²) in [6, 6.07) is 39.5. The molecule has 0 atom stereocenters. The van der Waals surface area contributed by atoms with Crippen molar-refractivity contribution in [2.75, 3.05) is 0 Å². The molecule has 0 aliphatic heterocycles. The van der Waals surface area contributed by atoms with Crippen LogP contribution in [0, 0.1) is 0 Å². The molecule has 0 aliphatic carbocycles. The summed E-state index contributed by atoms with van der Waals surface area (Å²) in [5, 5.41) is 7.18. The molecule has 186 valence electrons. The summed E-state index contributed by atoms with van der Waals surface area (Å²) in [6.45, 7) is 0. The lowest BCUT2D eigenvalue weighted by molar-refractivity contribution is 1.65. The van der Waals surface area contributed by atoms with E-state index in [1.807, 2.05) is 18.2 Å². The van der Waals surface area contributed by atoms with Crippen molar-refractivity contribution in [1.82, 2.24) is 0 Å². The molecule has 8 aromatic rings. The van der Waals surface area contributed by atoms with Gasteiger partial charge >= 0.3 is 0 Å². The fraction of sp³-hybridized carbons (Fsp3) is 0. The molecular formula is C40H26. The molecule has 8 aromatic carbocycles. The normalized spacial score (nSPS) is 13.6. The molecule has 0 saturated carbocycles. The predicted octanol–water partition coefficient (Wildman–Crippen LogP) is 11.3. The molecule has 0 saturated heterocycles. The smallest absolute Gasteiger partial charge is 0.0622 e. The first-order valence-corrected chi connectivity index (χ1v) is 13.4. The van der Waals surface area contributed by atoms with E-state index in [0.717, 1.165) is 49.2 Å². The lowest BCUT2D eigenvalue weighted by atomic mass is 9.84. The van der Waals surface area contributed by atoms with Crippen molar-refractivity contribution in [2.45, 2.75) is 0 Å². The maximum atomic E-state index is 8.80. The summed E-state index contributed by atoms with van der Waals surface area (Å²) < 4.78 is 51.6. The van der Waals surface area contributed by atoms with Crippen LogP contribution in [0.25, 0.3) is 76.5 Å². The number of hydrogen-bond acceptors (Lipinski definition) is 0. The van der Waals surface area contributed by atoms with Gasteiger partial charge < -0.3 is 0 Å². The second-order valence-electron chi connectivity index (χ2n) is 10.0. The third kappa shape index (κ3) is 3.54. The van der Waals surface area contributed by atoms with E-state index in [0.29, 0.717) is 21.9 Å². The summed E-state index contributed by atoms with van der Waals surface area (Å²) >= 11 is 0. The topological polar surface area (TPSA) is 0 Å². The van der Waals surface area contributed by atoms with Crippen LogP contribution in [-0.2, 0) is 0 Å². The molecule has 0 heterocycles. The quantitative estimate of drug-likeness (QED) is 0.207. The molecule has 0 aromatic heterocycles. The second kappa shape index (κ2) is 9.22. The van der Waals surface area contributed by atoms with Crippen LogP contribution < -0.4 is 0 Å². The van der Waals surface area contributed by atoms with Crippen molar-refractivity contribution in [2.24, 2.45) is 0 Å². The highest BCUT2D eigenvalue weighted by Crippen LogP contribution is 2.46. The van der Waals surface area contributed by atoms with E-state index < -0.39 is 0 Å². The first-order chi connectivity index (χ1) is 22.3. The molecule has 0 heteroatoms. The van der Waals surface area contributed by atoms with Gasteiger partial charge in [-0.25, -0.2) is 0 Å². The number of benzene rings is 8. The summed E-state index contributed by atoms with van der Waals surface area (Å²) in [5.74, 6) is 0. The molecule has 0 unspecified atom stereocenters. The van der Waals surface area contributed by atoms with Gasteiger partial charge in [0.2, 0.25) is 0 Å². The first-order valence-electron chi connectivity index (χ1n) is 16.4. The van der Waals surface area contributed by atoms with E-state index in [4.69, 9.17) is 8.22 Å². The minimum absolute atomic E-state index is 0.0472. The Kier molecular flexibility index (Phi) is 4.01. The van der Waals surface area contributed by atoms with Crippen molar-refractivity contribution in [3.63, 3.8) is 0 Å². The summed E-state index contributed by atoms with van der Waals surface area (Å²) in [7, 11) is 0. The van der Waals surface area contributed by atoms with E-state index in [2.05, 4.69) is 60.7 Å². The Morgan fingerprint density at radius 2 is 0.950 bits per heavy atom. The van der Waals surface area contributed by atoms with Crippen molar-refractivity contribution in [3.8, 4) is 33.4 Å². The molecular weight excluding hydrogens is 480 g/mol. The zero-order chi connectivity index (χ0) is 31.7. The largest absolute Gasteiger partial charge is 0.0629 e. The van der Waals surface area contributed by atoms with Gasteiger partial charge in [-0.1, -0.05) is 152 Å². The molecule has 0 N–H and O–H groups in total. The Bertz CT molecular complexity index is 2480. The molecule has 0 bridgehead atoms. The van der Waals surface area contributed by atoms with Gasteiger partial charge in [0, 0.05) is 0 Å². The lowest BCUT2D eigenvalue weighted by Crippen LogP contribution is -1.92. The third-order valence-corrected chi connectivity index (χ3v) is 7.86. The highest BCUT2D eigenvalue weighted by Gasteiger charge is 2.18. The van der Waals surface area contributed by atoms with Crippen molar-refractivity contribution in [3.05, 3.63) is 158 Å². The van der Waals surface area contributed by atoms with Gasteiger partial charge in [-0.15, -0.1) is 0 Å². The van der Waals surface area contributed by atoms with E-state index >= 15 is 0 Å². The van der Waals surface area contributed by atoms with Gasteiger partial charge in [-0.2, -0.15) is 0 Å². The van der Waals surface area contributed by atoms with E-state index in [-0.39, 0.29) is 36.3 Å². The highest BCUT2D eigenvalue weighted by atomic mass is 14.2.